The number of benzene rings is 1. The van der Waals surface area contributed by atoms with E-state index >= 15 is 0 Å². The highest BCUT2D eigenvalue weighted by Crippen LogP contribution is 2.26. The highest BCUT2D eigenvalue weighted by molar-refractivity contribution is 5.75. The summed E-state index contributed by atoms with van der Waals surface area (Å²) in [6, 6.07) is 9.97. The SMILES string of the molecule is B.CC(C)(O)C(C)(C)OCc1ccccc1. The lowest BCUT2D eigenvalue weighted by molar-refractivity contribution is -0.153. The van der Waals surface area contributed by atoms with Crippen molar-refractivity contribution >= 4 is 8.41 Å². The van der Waals surface area contributed by atoms with Gasteiger partial charge in [-0.1, -0.05) is 30.3 Å². The lowest BCUT2D eigenvalue weighted by Gasteiger charge is -2.37. The maximum Gasteiger partial charge on any atom is 0.0911 e. The zero-order valence-corrected chi connectivity index (χ0v) is 9.95. The molecule has 16 heavy (non-hydrogen) atoms. The zero-order chi connectivity index (χ0) is 11.5. The molecule has 1 aromatic rings. The second kappa shape index (κ2) is 5.51. The maximum absolute atomic E-state index is 9.90. The van der Waals surface area contributed by atoms with Gasteiger partial charge in [0.15, 0.2) is 0 Å². The Morgan fingerprint density at radius 1 is 1.06 bits per heavy atom. The van der Waals surface area contributed by atoms with Gasteiger partial charge in [-0.2, -0.15) is 0 Å². The zero-order valence-electron chi connectivity index (χ0n) is 9.95. The molecule has 0 unspecified atom stereocenters. The molecule has 1 rings (SSSR count). The first-order valence-electron chi connectivity index (χ1n) is 5.23. The van der Waals surface area contributed by atoms with E-state index in [1.165, 1.54) is 0 Å². The summed E-state index contributed by atoms with van der Waals surface area (Å²) in [6.07, 6.45) is 0. The van der Waals surface area contributed by atoms with E-state index < -0.39 is 11.2 Å². The van der Waals surface area contributed by atoms with Crippen LogP contribution >= 0.6 is 0 Å². The summed E-state index contributed by atoms with van der Waals surface area (Å²) in [5.74, 6) is 0. The van der Waals surface area contributed by atoms with Crippen LogP contribution in [0.15, 0.2) is 30.3 Å². The molecule has 0 amide bonds. The number of aliphatic hydroxyl groups is 1. The Bertz CT molecular complexity index is 301. The van der Waals surface area contributed by atoms with Gasteiger partial charge in [0.25, 0.3) is 0 Å². The summed E-state index contributed by atoms with van der Waals surface area (Å²) >= 11 is 0. The molecule has 3 heteroatoms. The first-order valence-corrected chi connectivity index (χ1v) is 5.23. The number of rotatable bonds is 4. The fraction of sp³-hybridized carbons (Fsp3) is 0.538. The van der Waals surface area contributed by atoms with Crippen LogP contribution in [0.1, 0.15) is 33.3 Å². The third kappa shape index (κ3) is 3.99. The van der Waals surface area contributed by atoms with Crippen LogP contribution in [0.2, 0.25) is 0 Å². The quantitative estimate of drug-likeness (QED) is 0.783. The molecule has 90 valence electrons. The van der Waals surface area contributed by atoms with Crippen LogP contribution in [0.4, 0.5) is 0 Å². The smallest absolute Gasteiger partial charge is 0.0911 e. The molecule has 0 bridgehead atoms. The van der Waals surface area contributed by atoms with Crippen molar-refractivity contribution in [3.8, 4) is 0 Å². The molecule has 1 aromatic carbocycles. The van der Waals surface area contributed by atoms with Crippen molar-refractivity contribution in [2.75, 3.05) is 0 Å². The number of ether oxygens (including phenoxy) is 1. The van der Waals surface area contributed by atoms with Crippen LogP contribution in [-0.2, 0) is 11.3 Å². The summed E-state index contributed by atoms with van der Waals surface area (Å²) < 4.78 is 5.73. The second-order valence-electron chi connectivity index (χ2n) is 4.84. The Labute approximate surface area is 100 Å². The fourth-order valence-corrected chi connectivity index (χ4v) is 1.01. The Balaban J connectivity index is 0.00000225. The fourth-order valence-electron chi connectivity index (χ4n) is 1.01. The van der Waals surface area contributed by atoms with E-state index in [1.807, 2.05) is 44.2 Å². The van der Waals surface area contributed by atoms with E-state index in [0.717, 1.165) is 5.56 Å². The van der Waals surface area contributed by atoms with E-state index in [9.17, 15) is 5.11 Å². The lowest BCUT2D eigenvalue weighted by Crippen LogP contribution is -2.47. The summed E-state index contributed by atoms with van der Waals surface area (Å²) in [4.78, 5) is 0. The Morgan fingerprint density at radius 2 is 1.56 bits per heavy atom. The normalized spacial score (nSPS) is 12.1. The highest BCUT2D eigenvalue weighted by Gasteiger charge is 2.35. The van der Waals surface area contributed by atoms with E-state index in [0.29, 0.717) is 6.61 Å². The molecule has 1 N–H and O–H groups in total. The minimum absolute atomic E-state index is 0. The van der Waals surface area contributed by atoms with Crippen molar-refractivity contribution in [1.82, 2.24) is 0 Å². The van der Waals surface area contributed by atoms with Crippen molar-refractivity contribution in [3.05, 3.63) is 35.9 Å². The van der Waals surface area contributed by atoms with Gasteiger partial charge in [-0.15, -0.1) is 0 Å². The van der Waals surface area contributed by atoms with Crippen LogP contribution in [0, 0.1) is 0 Å². The van der Waals surface area contributed by atoms with Crippen molar-refractivity contribution in [1.29, 1.82) is 0 Å². The molecule has 0 atom stereocenters. The molecule has 0 saturated heterocycles. The van der Waals surface area contributed by atoms with E-state index in [1.54, 1.807) is 13.8 Å². The standard InChI is InChI=1S/C13H20O2.BH3/c1-12(2,14)13(3,4)15-10-11-8-6-5-7-9-11;/h5-9,14H,10H2,1-4H3;1H3. The van der Waals surface area contributed by atoms with Crippen LogP contribution in [-0.4, -0.2) is 24.7 Å². The average Bonchev–Trinajstić information content (AvgIpc) is 2.15. The van der Waals surface area contributed by atoms with Crippen LogP contribution in [0.25, 0.3) is 0 Å². The molecule has 0 aliphatic heterocycles. The molecule has 0 fully saturated rings. The van der Waals surface area contributed by atoms with E-state index in [-0.39, 0.29) is 8.41 Å². The topological polar surface area (TPSA) is 29.5 Å². The van der Waals surface area contributed by atoms with E-state index in [2.05, 4.69) is 0 Å². The largest absolute Gasteiger partial charge is 0.387 e. The molecule has 0 heterocycles. The van der Waals surface area contributed by atoms with Gasteiger partial charge in [0.1, 0.15) is 0 Å². The highest BCUT2D eigenvalue weighted by atomic mass is 16.5. The average molecular weight is 222 g/mol. The van der Waals surface area contributed by atoms with E-state index in [4.69, 9.17) is 4.74 Å². The van der Waals surface area contributed by atoms with Gasteiger partial charge in [0.05, 0.1) is 26.2 Å². The Kier molecular flexibility index (Phi) is 5.23. The number of hydrogen-bond acceptors (Lipinski definition) is 2. The predicted molar refractivity (Wildman–Crippen MR) is 71.5 cm³/mol. The van der Waals surface area contributed by atoms with Gasteiger partial charge < -0.3 is 9.84 Å². The summed E-state index contributed by atoms with van der Waals surface area (Å²) in [6.45, 7) is 7.85. The molecule has 2 nitrogen and oxygen atoms in total. The molecular formula is C13H23BO2. The Morgan fingerprint density at radius 3 is 2.00 bits per heavy atom. The van der Waals surface area contributed by atoms with Crippen LogP contribution < -0.4 is 0 Å². The van der Waals surface area contributed by atoms with Crippen molar-refractivity contribution < 1.29 is 9.84 Å². The Hall–Kier alpha value is -0.795. The van der Waals surface area contributed by atoms with Gasteiger partial charge >= 0.3 is 0 Å². The second-order valence-corrected chi connectivity index (χ2v) is 4.84. The third-order valence-electron chi connectivity index (χ3n) is 2.92. The predicted octanol–water partition coefficient (Wildman–Crippen LogP) is 1.57. The first kappa shape index (κ1) is 15.2. The van der Waals surface area contributed by atoms with Gasteiger partial charge in [-0.05, 0) is 33.3 Å². The summed E-state index contributed by atoms with van der Waals surface area (Å²) in [5, 5.41) is 9.90. The molecule has 0 aromatic heterocycles. The van der Waals surface area contributed by atoms with Gasteiger partial charge in [0.2, 0.25) is 0 Å². The van der Waals surface area contributed by atoms with Crippen molar-refractivity contribution in [3.63, 3.8) is 0 Å². The molecule has 0 aliphatic rings. The molecule has 0 spiro atoms. The van der Waals surface area contributed by atoms with Crippen LogP contribution in [0.5, 0.6) is 0 Å². The maximum atomic E-state index is 9.90. The third-order valence-corrected chi connectivity index (χ3v) is 2.92. The first-order chi connectivity index (χ1) is 6.83. The van der Waals surface area contributed by atoms with Gasteiger partial charge in [0, 0.05) is 0 Å². The molecular weight excluding hydrogens is 199 g/mol. The molecule has 0 aliphatic carbocycles. The summed E-state index contributed by atoms with van der Waals surface area (Å²) in [7, 11) is 0. The minimum Gasteiger partial charge on any atom is -0.387 e. The lowest BCUT2D eigenvalue weighted by atomic mass is 9.89. The molecule has 0 saturated carbocycles. The van der Waals surface area contributed by atoms with Gasteiger partial charge in [-0.3, -0.25) is 0 Å². The summed E-state index contributed by atoms with van der Waals surface area (Å²) in [5.41, 5.74) is -0.278. The van der Waals surface area contributed by atoms with Gasteiger partial charge in [-0.25, -0.2) is 0 Å². The monoisotopic (exact) mass is 222 g/mol. The van der Waals surface area contributed by atoms with Crippen molar-refractivity contribution in [2.45, 2.75) is 45.5 Å². The number of hydrogen-bond donors (Lipinski definition) is 1. The minimum atomic E-state index is -0.845. The van der Waals surface area contributed by atoms with Crippen molar-refractivity contribution in [2.24, 2.45) is 0 Å². The van der Waals surface area contributed by atoms with Crippen LogP contribution in [0.3, 0.4) is 0 Å². The molecule has 0 radical (unpaired) electrons.